The number of morpholine rings is 1. The van der Waals surface area contributed by atoms with Gasteiger partial charge in [0.25, 0.3) is 0 Å². The molecule has 0 aliphatic carbocycles. The van der Waals surface area contributed by atoms with E-state index >= 15 is 0 Å². The maximum Gasteiger partial charge on any atom is 0.228 e. The smallest absolute Gasteiger partial charge is 0.228 e. The molecule has 0 bridgehead atoms. The third-order valence-electron chi connectivity index (χ3n) is 4.88. The highest BCUT2D eigenvalue weighted by molar-refractivity contribution is 6.30. The van der Waals surface area contributed by atoms with Crippen LogP contribution < -0.4 is 0 Å². The number of rotatable bonds is 3. The second-order valence-electron chi connectivity index (χ2n) is 6.26. The summed E-state index contributed by atoms with van der Waals surface area (Å²) < 4.78 is 5.35. The highest BCUT2D eigenvalue weighted by Gasteiger charge is 2.41. The molecule has 2 saturated heterocycles. The van der Waals surface area contributed by atoms with Crippen LogP contribution in [0.25, 0.3) is 0 Å². The van der Waals surface area contributed by atoms with Gasteiger partial charge in [0, 0.05) is 31.1 Å². The molecular formula is C18H23ClN2O3. The van der Waals surface area contributed by atoms with Gasteiger partial charge in [0.1, 0.15) is 0 Å². The van der Waals surface area contributed by atoms with Gasteiger partial charge in [0.2, 0.25) is 11.8 Å². The van der Waals surface area contributed by atoms with Gasteiger partial charge in [-0.3, -0.25) is 9.59 Å². The predicted molar refractivity (Wildman–Crippen MR) is 91.7 cm³/mol. The Hall–Kier alpha value is -1.59. The van der Waals surface area contributed by atoms with E-state index < -0.39 is 0 Å². The van der Waals surface area contributed by atoms with Crippen LogP contribution in [0.3, 0.4) is 0 Å². The fourth-order valence-electron chi connectivity index (χ4n) is 3.71. The fourth-order valence-corrected chi connectivity index (χ4v) is 3.90. The number of carbonyl (C=O) groups excluding carboxylic acids is 2. The first-order valence-corrected chi connectivity index (χ1v) is 8.91. The number of hydrogen-bond acceptors (Lipinski definition) is 3. The maximum atomic E-state index is 13.1. The van der Waals surface area contributed by atoms with Crippen molar-refractivity contribution in [2.45, 2.75) is 25.8 Å². The van der Waals surface area contributed by atoms with Crippen LogP contribution in [0.5, 0.6) is 0 Å². The van der Waals surface area contributed by atoms with Gasteiger partial charge in [-0.25, -0.2) is 0 Å². The van der Waals surface area contributed by atoms with Gasteiger partial charge in [-0.2, -0.15) is 0 Å². The SMILES string of the molecule is CCN1C(=O)CC[C@@H](C(=O)N2CCOCC2)[C@@H]1c1cccc(Cl)c1. The van der Waals surface area contributed by atoms with Crippen molar-refractivity contribution in [2.75, 3.05) is 32.8 Å². The average Bonchev–Trinajstić information content (AvgIpc) is 2.61. The minimum Gasteiger partial charge on any atom is -0.378 e. The summed E-state index contributed by atoms with van der Waals surface area (Å²) >= 11 is 6.15. The standard InChI is InChI=1S/C18H23ClN2O3/c1-2-21-16(22)7-6-15(18(23)20-8-10-24-11-9-20)17(21)13-4-3-5-14(19)12-13/h3-5,12,15,17H,2,6-11H2,1H3/t15-,17+/m1/s1. The second-order valence-corrected chi connectivity index (χ2v) is 6.70. The summed E-state index contributed by atoms with van der Waals surface area (Å²) in [7, 11) is 0. The fraction of sp³-hybridized carbons (Fsp3) is 0.556. The topological polar surface area (TPSA) is 49.9 Å². The molecule has 2 atom stereocenters. The molecule has 5 nitrogen and oxygen atoms in total. The first-order valence-electron chi connectivity index (χ1n) is 8.53. The molecule has 3 rings (SSSR count). The van der Waals surface area contributed by atoms with Crippen LogP contribution in [0.1, 0.15) is 31.4 Å². The molecule has 2 heterocycles. The van der Waals surface area contributed by atoms with Crippen LogP contribution in [0.4, 0.5) is 0 Å². The zero-order chi connectivity index (χ0) is 17.1. The minimum absolute atomic E-state index is 0.105. The zero-order valence-corrected chi connectivity index (χ0v) is 14.7. The van der Waals surface area contributed by atoms with E-state index in [0.29, 0.717) is 50.7 Å². The number of carbonyl (C=O) groups is 2. The largest absolute Gasteiger partial charge is 0.378 e. The summed E-state index contributed by atoms with van der Waals surface area (Å²) in [6.07, 6.45) is 1.01. The zero-order valence-electron chi connectivity index (χ0n) is 13.9. The van der Waals surface area contributed by atoms with Crippen LogP contribution in [0.2, 0.25) is 5.02 Å². The first kappa shape index (κ1) is 17.2. The number of hydrogen-bond donors (Lipinski definition) is 0. The number of ether oxygens (including phenoxy) is 1. The molecule has 0 spiro atoms. The van der Waals surface area contributed by atoms with Crippen LogP contribution in [-0.4, -0.2) is 54.5 Å². The number of halogens is 1. The van der Waals surface area contributed by atoms with Gasteiger partial charge < -0.3 is 14.5 Å². The Labute approximate surface area is 147 Å². The Balaban J connectivity index is 1.92. The summed E-state index contributed by atoms with van der Waals surface area (Å²) in [5.41, 5.74) is 0.934. The van der Waals surface area contributed by atoms with Gasteiger partial charge >= 0.3 is 0 Å². The number of amides is 2. The number of nitrogens with zero attached hydrogens (tertiary/aromatic N) is 2. The number of likely N-dealkylation sites (tertiary alicyclic amines) is 1. The molecule has 1 aromatic carbocycles. The number of piperidine rings is 1. The van der Waals surface area contributed by atoms with Crippen molar-refractivity contribution >= 4 is 23.4 Å². The van der Waals surface area contributed by atoms with Gasteiger partial charge in [-0.05, 0) is 31.0 Å². The van der Waals surface area contributed by atoms with Crippen molar-refractivity contribution < 1.29 is 14.3 Å². The molecular weight excluding hydrogens is 328 g/mol. The monoisotopic (exact) mass is 350 g/mol. The molecule has 2 aliphatic heterocycles. The van der Waals surface area contributed by atoms with Crippen LogP contribution >= 0.6 is 11.6 Å². The molecule has 2 fully saturated rings. The Bertz CT molecular complexity index is 616. The van der Waals surface area contributed by atoms with Crippen molar-refractivity contribution in [1.82, 2.24) is 9.80 Å². The number of benzene rings is 1. The van der Waals surface area contributed by atoms with Crippen molar-refractivity contribution in [3.8, 4) is 0 Å². The van der Waals surface area contributed by atoms with E-state index in [1.165, 1.54) is 0 Å². The van der Waals surface area contributed by atoms with Gasteiger partial charge in [0.15, 0.2) is 0 Å². The molecule has 6 heteroatoms. The van der Waals surface area contributed by atoms with E-state index in [1.54, 1.807) is 0 Å². The highest BCUT2D eigenvalue weighted by atomic mass is 35.5. The van der Waals surface area contributed by atoms with E-state index in [9.17, 15) is 9.59 Å². The molecule has 2 aliphatic rings. The normalized spacial score (nSPS) is 25.0. The predicted octanol–water partition coefficient (Wildman–Crippen LogP) is 2.50. The molecule has 1 aromatic rings. The molecule has 130 valence electrons. The van der Waals surface area contributed by atoms with Gasteiger partial charge in [0.05, 0.1) is 25.2 Å². The van der Waals surface area contributed by atoms with Crippen molar-refractivity contribution in [1.29, 1.82) is 0 Å². The lowest BCUT2D eigenvalue weighted by molar-refractivity contribution is -0.150. The molecule has 24 heavy (non-hydrogen) atoms. The molecule has 0 aromatic heterocycles. The first-order chi connectivity index (χ1) is 11.6. The second kappa shape index (κ2) is 7.53. The lowest BCUT2D eigenvalue weighted by Crippen LogP contribution is -2.51. The minimum atomic E-state index is -0.245. The molecule has 0 unspecified atom stereocenters. The van der Waals surface area contributed by atoms with Crippen LogP contribution in [0.15, 0.2) is 24.3 Å². The summed E-state index contributed by atoms with van der Waals surface area (Å²) in [5, 5.41) is 0.624. The summed E-state index contributed by atoms with van der Waals surface area (Å²) in [5.74, 6) is 0.00180. The van der Waals surface area contributed by atoms with Crippen LogP contribution in [0, 0.1) is 5.92 Å². The molecule has 0 N–H and O–H groups in total. The lowest BCUT2D eigenvalue weighted by atomic mass is 9.83. The third kappa shape index (κ3) is 3.42. The lowest BCUT2D eigenvalue weighted by Gasteiger charge is -2.42. The van der Waals surface area contributed by atoms with E-state index in [4.69, 9.17) is 16.3 Å². The Morgan fingerprint density at radius 1 is 1.33 bits per heavy atom. The highest BCUT2D eigenvalue weighted by Crippen LogP contribution is 2.38. The Morgan fingerprint density at radius 3 is 2.75 bits per heavy atom. The summed E-state index contributed by atoms with van der Waals surface area (Å²) in [6, 6.07) is 7.26. The third-order valence-corrected chi connectivity index (χ3v) is 5.11. The van der Waals surface area contributed by atoms with Crippen LogP contribution in [-0.2, 0) is 14.3 Å². The van der Waals surface area contributed by atoms with Crippen molar-refractivity contribution in [3.63, 3.8) is 0 Å². The Kier molecular flexibility index (Phi) is 5.41. The van der Waals surface area contributed by atoms with E-state index in [1.807, 2.05) is 41.0 Å². The summed E-state index contributed by atoms with van der Waals surface area (Å²) in [4.78, 5) is 29.2. The quantitative estimate of drug-likeness (QED) is 0.841. The van der Waals surface area contributed by atoms with Crippen molar-refractivity contribution in [2.24, 2.45) is 5.92 Å². The van der Waals surface area contributed by atoms with E-state index in [0.717, 1.165) is 5.56 Å². The van der Waals surface area contributed by atoms with Gasteiger partial charge in [-0.1, -0.05) is 23.7 Å². The molecule has 0 radical (unpaired) electrons. The maximum absolute atomic E-state index is 13.1. The summed E-state index contributed by atoms with van der Waals surface area (Å²) in [6.45, 7) is 4.95. The average molecular weight is 351 g/mol. The van der Waals surface area contributed by atoms with Gasteiger partial charge in [-0.15, -0.1) is 0 Å². The molecule has 0 saturated carbocycles. The van der Waals surface area contributed by atoms with E-state index in [2.05, 4.69) is 0 Å². The Morgan fingerprint density at radius 2 is 2.08 bits per heavy atom. The van der Waals surface area contributed by atoms with Crippen molar-refractivity contribution in [3.05, 3.63) is 34.9 Å². The van der Waals surface area contributed by atoms with E-state index in [-0.39, 0.29) is 23.8 Å². The molecule has 2 amide bonds.